The van der Waals surface area contributed by atoms with Gasteiger partial charge in [-0.05, 0) is 42.3 Å². The van der Waals surface area contributed by atoms with E-state index in [0.29, 0.717) is 39.7 Å². The fourth-order valence-electron chi connectivity index (χ4n) is 3.83. The largest absolute Gasteiger partial charge is 0.493 e. The van der Waals surface area contributed by atoms with Crippen LogP contribution in [0.25, 0.3) is 11.0 Å². The molecule has 2 aromatic carbocycles. The Hall–Kier alpha value is -2.99. The summed E-state index contributed by atoms with van der Waals surface area (Å²) in [6.45, 7) is 2.77. The number of carbonyl (C=O) groups is 1. The van der Waals surface area contributed by atoms with Crippen molar-refractivity contribution in [3.63, 3.8) is 0 Å². The van der Waals surface area contributed by atoms with Crippen molar-refractivity contribution in [2.45, 2.75) is 38.6 Å². The van der Waals surface area contributed by atoms with Gasteiger partial charge in [0.2, 0.25) is 5.76 Å². The number of hydrogen-bond acceptors (Lipinski definition) is 5. The van der Waals surface area contributed by atoms with E-state index < -0.39 is 11.9 Å². The molecule has 1 unspecified atom stereocenters. The van der Waals surface area contributed by atoms with Gasteiger partial charge in [0.15, 0.2) is 16.9 Å². The molecule has 3 aromatic rings. The Morgan fingerprint density at radius 2 is 1.90 bits per heavy atom. The first kappa shape index (κ1) is 21.2. The molecular formula is C24H24ClNO5. The minimum Gasteiger partial charge on any atom is -0.493 e. The van der Waals surface area contributed by atoms with Crippen molar-refractivity contribution in [3.8, 4) is 11.5 Å². The molecule has 162 valence electrons. The lowest BCUT2D eigenvalue weighted by Crippen LogP contribution is -2.22. The topological polar surface area (TPSA) is 77.8 Å². The van der Waals surface area contributed by atoms with Crippen molar-refractivity contribution in [1.82, 2.24) is 5.32 Å². The predicted octanol–water partition coefficient (Wildman–Crippen LogP) is 5.25. The monoisotopic (exact) mass is 441 g/mol. The van der Waals surface area contributed by atoms with Gasteiger partial charge in [-0.1, -0.05) is 43.9 Å². The Labute approximate surface area is 185 Å². The molecule has 1 aliphatic rings. The molecule has 1 N–H and O–H groups in total. The molecule has 0 bridgehead atoms. The molecule has 0 aliphatic carbocycles. The summed E-state index contributed by atoms with van der Waals surface area (Å²) in [7, 11) is 1.56. The second-order valence-corrected chi connectivity index (χ2v) is 7.98. The molecule has 6 nitrogen and oxygen atoms in total. The number of methoxy groups -OCH3 is 1. The third-order valence-electron chi connectivity index (χ3n) is 5.43. The van der Waals surface area contributed by atoms with Crippen LogP contribution in [-0.2, 0) is 0 Å². The molecule has 1 atom stereocenters. The molecule has 1 aromatic heterocycles. The highest BCUT2D eigenvalue weighted by Gasteiger charge is 2.36. The molecular weight excluding hydrogens is 418 g/mol. The normalized spacial score (nSPS) is 15.1. The molecule has 4 rings (SSSR count). The second kappa shape index (κ2) is 9.02. The predicted molar refractivity (Wildman–Crippen MR) is 119 cm³/mol. The van der Waals surface area contributed by atoms with Crippen LogP contribution in [0.15, 0.2) is 45.6 Å². The lowest BCUT2D eigenvalue weighted by Gasteiger charge is -2.16. The summed E-state index contributed by atoms with van der Waals surface area (Å²) in [4.78, 5) is 25.7. The lowest BCUT2D eigenvalue weighted by molar-refractivity contribution is 0.0938. The van der Waals surface area contributed by atoms with E-state index in [0.717, 1.165) is 12.8 Å². The van der Waals surface area contributed by atoms with Crippen molar-refractivity contribution in [2.75, 3.05) is 13.7 Å². The molecule has 0 saturated heterocycles. The van der Waals surface area contributed by atoms with Crippen molar-refractivity contribution in [3.05, 3.63) is 68.5 Å². The molecule has 0 saturated carbocycles. The van der Waals surface area contributed by atoms with E-state index in [1.807, 2.05) is 6.07 Å². The van der Waals surface area contributed by atoms with E-state index in [4.69, 9.17) is 25.5 Å². The minimum absolute atomic E-state index is 0.0278. The van der Waals surface area contributed by atoms with E-state index in [1.165, 1.54) is 12.8 Å². The Bertz CT molecular complexity index is 1190. The summed E-state index contributed by atoms with van der Waals surface area (Å²) >= 11 is 6.06. The number of unbranched alkanes of at least 4 members (excludes halogenated alkanes) is 3. The number of rotatable bonds is 8. The Morgan fingerprint density at radius 1 is 1.06 bits per heavy atom. The van der Waals surface area contributed by atoms with Crippen LogP contribution in [0.1, 0.15) is 60.3 Å². The van der Waals surface area contributed by atoms with Gasteiger partial charge < -0.3 is 19.2 Å². The van der Waals surface area contributed by atoms with E-state index in [1.54, 1.807) is 37.4 Å². The summed E-state index contributed by atoms with van der Waals surface area (Å²) in [6.07, 6.45) is 4.45. The molecule has 0 fully saturated rings. The number of fused-ring (bicyclic) bond motifs is 2. The van der Waals surface area contributed by atoms with Crippen LogP contribution < -0.4 is 20.2 Å². The SMILES string of the molecule is CCCCCCOc1ccc(C2NC(=O)c3oc4ccc(Cl)cc4c(=O)c32)cc1OC. The fourth-order valence-corrected chi connectivity index (χ4v) is 4.00. The van der Waals surface area contributed by atoms with Crippen molar-refractivity contribution >= 4 is 28.5 Å². The van der Waals surface area contributed by atoms with E-state index in [9.17, 15) is 9.59 Å². The number of hydrogen-bond donors (Lipinski definition) is 1. The van der Waals surface area contributed by atoms with Crippen molar-refractivity contribution in [2.24, 2.45) is 0 Å². The molecule has 1 amide bonds. The highest BCUT2D eigenvalue weighted by molar-refractivity contribution is 6.31. The summed E-state index contributed by atoms with van der Waals surface area (Å²) < 4.78 is 17.1. The summed E-state index contributed by atoms with van der Waals surface area (Å²) in [5, 5.41) is 3.61. The fraction of sp³-hybridized carbons (Fsp3) is 0.333. The van der Waals surface area contributed by atoms with Gasteiger partial charge in [-0.2, -0.15) is 0 Å². The molecule has 2 heterocycles. The molecule has 31 heavy (non-hydrogen) atoms. The zero-order valence-electron chi connectivity index (χ0n) is 17.5. The first-order valence-electron chi connectivity index (χ1n) is 10.4. The molecule has 0 spiro atoms. The van der Waals surface area contributed by atoms with Crippen LogP contribution in [0.4, 0.5) is 0 Å². The first-order chi connectivity index (χ1) is 15.0. The van der Waals surface area contributed by atoms with E-state index in [-0.39, 0.29) is 16.8 Å². The summed E-state index contributed by atoms with van der Waals surface area (Å²) in [5.41, 5.74) is 1.02. The quantitative estimate of drug-likeness (QED) is 0.483. The van der Waals surface area contributed by atoms with Gasteiger partial charge in [0.25, 0.3) is 5.91 Å². The number of carbonyl (C=O) groups excluding carboxylic acids is 1. The van der Waals surface area contributed by atoms with Crippen LogP contribution in [0.2, 0.25) is 5.02 Å². The number of halogens is 1. The van der Waals surface area contributed by atoms with Crippen molar-refractivity contribution < 1.29 is 18.7 Å². The van der Waals surface area contributed by atoms with Crippen molar-refractivity contribution in [1.29, 1.82) is 0 Å². The Kier molecular flexibility index (Phi) is 6.18. The van der Waals surface area contributed by atoms with Gasteiger partial charge in [-0.25, -0.2) is 0 Å². The van der Waals surface area contributed by atoms with E-state index in [2.05, 4.69) is 12.2 Å². The molecule has 1 aliphatic heterocycles. The number of nitrogens with one attached hydrogen (secondary N) is 1. The lowest BCUT2D eigenvalue weighted by atomic mass is 9.99. The Morgan fingerprint density at radius 3 is 2.68 bits per heavy atom. The second-order valence-electron chi connectivity index (χ2n) is 7.54. The van der Waals surface area contributed by atoms with Gasteiger partial charge in [0.05, 0.1) is 30.7 Å². The number of benzene rings is 2. The summed E-state index contributed by atoms with van der Waals surface area (Å²) in [6, 6.07) is 9.53. The smallest absolute Gasteiger partial charge is 0.288 e. The standard InChI is InChI=1S/C24H24ClNO5/c1-3-4-5-6-11-30-18-9-7-14(12-19(18)29-2)21-20-22(27)16-13-15(25)8-10-17(16)31-23(20)24(28)26-21/h7-10,12-13,21H,3-6,11H2,1-2H3,(H,26,28). The van der Waals surface area contributed by atoms with Gasteiger partial charge >= 0.3 is 0 Å². The zero-order chi connectivity index (χ0) is 22.0. The van der Waals surface area contributed by atoms with Gasteiger partial charge in [-0.3, -0.25) is 9.59 Å². The minimum atomic E-state index is -0.644. The van der Waals surface area contributed by atoms with Crippen LogP contribution >= 0.6 is 11.6 Å². The average molecular weight is 442 g/mol. The maximum atomic E-state index is 13.2. The van der Waals surface area contributed by atoms with Crippen LogP contribution in [0.5, 0.6) is 11.5 Å². The maximum absolute atomic E-state index is 13.2. The first-order valence-corrected chi connectivity index (χ1v) is 10.8. The maximum Gasteiger partial charge on any atom is 0.288 e. The molecule has 7 heteroatoms. The average Bonchev–Trinajstić information content (AvgIpc) is 3.11. The highest BCUT2D eigenvalue weighted by atomic mass is 35.5. The Balaban J connectivity index is 1.67. The number of amides is 1. The van der Waals surface area contributed by atoms with Crippen LogP contribution in [0.3, 0.4) is 0 Å². The third kappa shape index (κ3) is 4.12. The highest BCUT2D eigenvalue weighted by Crippen LogP contribution is 2.36. The van der Waals surface area contributed by atoms with Crippen LogP contribution in [-0.4, -0.2) is 19.6 Å². The van der Waals surface area contributed by atoms with Gasteiger partial charge in [-0.15, -0.1) is 0 Å². The summed E-state index contributed by atoms with van der Waals surface area (Å²) in [5.74, 6) is 0.776. The van der Waals surface area contributed by atoms with Gasteiger partial charge in [0.1, 0.15) is 5.58 Å². The molecule has 0 radical (unpaired) electrons. The van der Waals surface area contributed by atoms with E-state index >= 15 is 0 Å². The van der Waals surface area contributed by atoms with Crippen LogP contribution in [0, 0.1) is 0 Å². The zero-order valence-corrected chi connectivity index (χ0v) is 18.3. The van der Waals surface area contributed by atoms with Gasteiger partial charge in [0, 0.05) is 5.02 Å². The third-order valence-corrected chi connectivity index (χ3v) is 5.67. The number of ether oxygens (including phenoxy) is 2.